The molecule has 1 N–H and O–H groups in total. The number of carbonyl (C=O) groups is 2. The molecule has 0 aliphatic carbocycles. The molecule has 0 saturated heterocycles. The average Bonchev–Trinajstić information content (AvgIpc) is 2.80. The van der Waals surface area contributed by atoms with Gasteiger partial charge in [0.2, 0.25) is 15.9 Å². The zero-order valence-electron chi connectivity index (χ0n) is 18.4. The molecular weight excluding hydrogens is 444 g/mol. The Morgan fingerprint density at radius 1 is 0.879 bits per heavy atom. The quantitative estimate of drug-likeness (QED) is 0.500. The number of nitrogens with one attached hydrogen (secondary N) is 1. The number of anilines is 2. The molecule has 0 bridgehead atoms. The van der Waals surface area contributed by atoms with Gasteiger partial charge in [0.1, 0.15) is 17.5 Å². The molecule has 1 amide bonds. The zero-order valence-corrected chi connectivity index (χ0v) is 19.2. The van der Waals surface area contributed by atoms with E-state index in [4.69, 9.17) is 9.47 Å². The van der Waals surface area contributed by atoms with Crippen molar-refractivity contribution in [2.45, 2.75) is 13.0 Å². The Bertz CT molecular complexity index is 1230. The molecule has 0 radical (unpaired) electrons. The fourth-order valence-electron chi connectivity index (χ4n) is 3.21. The molecule has 0 fully saturated rings. The summed E-state index contributed by atoms with van der Waals surface area (Å²) in [5.74, 6) is -0.0707. The van der Waals surface area contributed by atoms with E-state index in [1.54, 1.807) is 48.5 Å². The Balaban J connectivity index is 1.83. The first-order valence-electron chi connectivity index (χ1n) is 10.0. The minimum absolute atomic E-state index is 0.161. The lowest BCUT2D eigenvalue weighted by Gasteiger charge is -2.28. The third kappa shape index (κ3) is 5.89. The van der Waals surface area contributed by atoms with Crippen LogP contribution in [0.15, 0.2) is 78.9 Å². The predicted octanol–water partition coefficient (Wildman–Crippen LogP) is 4.06. The second kappa shape index (κ2) is 10.2. The van der Waals surface area contributed by atoms with Crippen molar-refractivity contribution < 1.29 is 27.5 Å². The number of ether oxygens (including phenoxy) is 2. The monoisotopic (exact) mass is 468 g/mol. The van der Waals surface area contributed by atoms with Gasteiger partial charge in [0.05, 0.1) is 30.3 Å². The third-order valence-electron chi connectivity index (χ3n) is 4.75. The lowest BCUT2D eigenvalue weighted by atomic mass is 10.1. The van der Waals surface area contributed by atoms with E-state index in [9.17, 15) is 18.0 Å². The van der Waals surface area contributed by atoms with Crippen LogP contribution in [0.25, 0.3) is 0 Å². The van der Waals surface area contributed by atoms with Gasteiger partial charge < -0.3 is 14.8 Å². The van der Waals surface area contributed by atoms with Gasteiger partial charge in [0.15, 0.2) is 0 Å². The first-order valence-corrected chi connectivity index (χ1v) is 11.9. The Labute approximate surface area is 192 Å². The molecule has 0 spiro atoms. The van der Waals surface area contributed by atoms with Gasteiger partial charge in [-0.05, 0) is 55.5 Å². The number of hydrogen-bond acceptors (Lipinski definition) is 6. The molecular formula is C24H24N2O6S. The van der Waals surface area contributed by atoms with E-state index in [0.717, 1.165) is 10.6 Å². The third-order valence-corrected chi connectivity index (χ3v) is 5.99. The normalized spacial score (nSPS) is 11.8. The van der Waals surface area contributed by atoms with Crippen LogP contribution in [0, 0.1) is 0 Å². The molecule has 3 aromatic rings. The van der Waals surface area contributed by atoms with E-state index in [1.165, 1.54) is 26.2 Å². The fourth-order valence-corrected chi connectivity index (χ4v) is 4.39. The highest BCUT2D eigenvalue weighted by Crippen LogP contribution is 2.27. The summed E-state index contributed by atoms with van der Waals surface area (Å²) in [5, 5.41) is 2.62. The van der Waals surface area contributed by atoms with Crippen LogP contribution in [0.3, 0.4) is 0 Å². The lowest BCUT2D eigenvalue weighted by Crippen LogP contribution is -2.45. The van der Waals surface area contributed by atoms with E-state index in [-0.39, 0.29) is 11.3 Å². The molecule has 8 nitrogen and oxygen atoms in total. The number of sulfonamides is 1. The Hall–Kier alpha value is -3.85. The van der Waals surface area contributed by atoms with Gasteiger partial charge >= 0.3 is 5.97 Å². The van der Waals surface area contributed by atoms with E-state index in [2.05, 4.69) is 5.32 Å². The second-order valence-corrected chi connectivity index (χ2v) is 9.03. The molecule has 3 rings (SSSR count). The summed E-state index contributed by atoms with van der Waals surface area (Å²) in [4.78, 5) is 24.9. The highest BCUT2D eigenvalue weighted by Gasteiger charge is 2.30. The van der Waals surface area contributed by atoms with Crippen molar-refractivity contribution in [3.63, 3.8) is 0 Å². The number of amides is 1. The molecule has 1 unspecified atom stereocenters. The average molecular weight is 469 g/mol. The van der Waals surface area contributed by atoms with Crippen LogP contribution in [0.4, 0.5) is 11.4 Å². The maximum atomic E-state index is 13.0. The summed E-state index contributed by atoms with van der Waals surface area (Å²) >= 11 is 0. The molecule has 33 heavy (non-hydrogen) atoms. The Kier molecular flexibility index (Phi) is 7.34. The SMILES string of the molecule is COC(=O)c1ccccc1NC(=O)C(C)N(c1ccc(Oc2ccccc2)cc1)S(C)(=O)=O. The van der Waals surface area contributed by atoms with Crippen molar-refractivity contribution in [1.82, 2.24) is 0 Å². The van der Waals surface area contributed by atoms with Gasteiger partial charge in [-0.1, -0.05) is 30.3 Å². The fraction of sp³-hybridized carbons (Fsp3) is 0.167. The molecule has 0 heterocycles. The number of methoxy groups -OCH3 is 1. The van der Waals surface area contributed by atoms with E-state index >= 15 is 0 Å². The minimum atomic E-state index is -3.82. The number of esters is 1. The summed E-state index contributed by atoms with van der Waals surface area (Å²) in [6, 6.07) is 20.7. The summed E-state index contributed by atoms with van der Waals surface area (Å²) in [5.41, 5.74) is 0.678. The zero-order chi connectivity index (χ0) is 24.0. The predicted molar refractivity (Wildman–Crippen MR) is 126 cm³/mol. The first kappa shape index (κ1) is 23.8. The summed E-state index contributed by atoms with van der Waals surface area (Å²) in [6.45, 7) is 1.46. The number of carbonyl (C=O) groups excluding carboxylic acids is 2. The van der Waals surface area contributed by atoms with E-state index < -0.39 is 27.9 Å². The van der Waals surface area contributed by atoms with Gasteiger partial charge in [-0.2, -0.15) is 0 Å². The van der Waals surface area contributed by atoms with E-state index in [1.807, 2.05) is 18.2 Å². The van der Waals surface area contributed by atoms with Gasteiger partial charge in [0, 0.05) is 0 Å². The van der Waals surface area contributed by atoms with Crippen LogP contribution in [-0.4, -0.2) is 39.7 Å². The smallest absolute Gasteiger partial charge is 0.339 e. The highest BCUT2D eigenvalue weighted by molar-refractivity contribution is 7.92. The Morgan fingerprint density at radius 3 is 2.06 bits per heavy atom. The Morgan fingerprint density at radius 2 is 1.45 bits per heavy atom. The summed E-state index contributed by atoms with van der Waals surface area (Å²) in [6.07, 6.45) is 1.02. The van der Waals surface area contributed by atoms with Gasteiger partial charge in [-0.3, -0.25) is 9.10 Å². The van der Waals surface area contributed by atoms with Crippen LogP contribution in [-0.2, 0) is 19.6 Å². The molecule has 0 saturated carbocycles. The highest BCUT2D eigenvalue weighted by atomic mass is 32.2. The second-order valence-electron chi connectivity index (χ2n) is 7.17. The van der Waals surface area contributed by atoms with Crippen LogP contribution in [0.2, 0.25) is 0 Å². The van der Waals surface area contributed by atoms with Gasteiger partial charge in [0.25, 0.3) is 0 Å². The van der Waals surface area contributed by atoms with Crippen molar-refractivity contribution in [3.05, 3.63) is 84.4 Å². The summed E-state index contributed by atoms with van der Waals surface area (Å²) in [7, 11) is -2.58. The number of rotatable bonds is 8. The molecule has 9 heteroatoms. The number of benzene rings is 3. The van der Waals surface area contributed by atoms with Crippen molar-refractivity contribution in [3.8, 4) is 11.5 Å². The molecule has 1 atom stereocenters. The van der Waals surface area contributed by atoms with Gasteiger partial charge in [-0.15, -0.1) is 0 Å². The molecule has 0 aliphatic rings. The summed E-state index contributed by atoms with van der Waals surface area (Å²) < 4.78 is 36.6. The maximum absolute atomic E-state index is 13.0. The lowest BCUT2D eigenvalue weighted by molar-refractivity contribution is -0.116. The molecule has 172 valence electrons. The van der Waals surface area contributed by atoms with Crippen molar-refractivity contribution >= 4 is 33.3 Å². The van der Waals surface area contributed by atoms with Gasteiger partial charge in [-0.25, -0.2) is 13.2 Å². The number of nitrogens with zero attached hydrogens (tertiary/aromatic N) is 1. The first-order chi connectivity index (χ1) is 15.7. The molecule has 0 aromatic heterocycles. The standard InChI is InChI=1S/C24H24N2O6S/c1-17(23(27)25-22-12-8-7-11-21(22)24(28)31-2)26(33(3,29)30)18-13-15-20(16-14-18)32-19-9-5-4-6-10-19/h4-17H,1-3H3,(H,25,27). The van der Waals surface area contributed by atoms with Crippen LogP contribution in [0.5, 0.6) is 11.5 Å². The number of para-hydroxylation sites is 2. The minimum Gasteiger partial charge on any atom is -0.465 e. The van der Waals surface area contributed by atoms with Crippen molar-refractivity contribution in [2.75, 3.05) is 23.0 Å². The van der Waals surface area contributed by atoms with Crippen LogP contribution in [0.1, 0.15) is 17.3 Å². The number of hydrogen-bond donors (Lipinski definition) is 1. The molecule has 3 aromatic carbocycles. The maximum Gasteiger partial charge on any atom is 0.339 e. The topological polar surface area (TPSA) is 102 Å². The van der Waals surface area contributed by atoms with Crippen molar-refractivity contribution in [2.24, 2.45) is 0 Å². The largest absolute Gasteiger partial charge is 0.465 e. The van der Waals surface area contributed by atoms with Crippen LogP contribution < -0.4 is 14.4 Å². The van der Waals surface area contributed by atoms with E-state index in [0.29, 0.717) is 17.2 Å². The van der Waals surface area contributed by atoms with Crippen LogP contribution >= 0.6 is 0 Å². The molecule has 0 aliphatic heterocycles. The van der Waals surface area contributed by atoms with Crippen molar-refractivity contribution in [1.29, 1.82) is 0 Å².